The minimum Gasteiger partial charge on any atom is -0.489 e. The predicted octanol–water partition coefficient (Wildman–Crippen LogP) is 5.49. The van der Waals surface area contributed by atoms with E-state index in [4.69, 9.17) is 19.9 Å². The molecule has 13 heteroatoms. The number of hydrogen-bond donors (Lipinski definition) is 5. The van der Waals surface area contributed by atoms with Crippen LogP contribution in [0.5, 0.6) is 5.75 Å². The summed E-state index contributed by atoms with van der Waals surface area (Å²) in [6.07, 6.45) is -1.17. The second kappa shape index (κ2) is 20.8. The lowest BCUT2D eigenvalue weighted by Crippen LogP contribution is -2.57. The second-order valence-electron chi connectivity index (χ2n) is 14.1. The van der Waals surface area contributed by atoms with Crippen LogP contribution in [0.4, 0.5) is 9.59 Å². The summed E-state index contributed by atoms with van der Waals surface area (Å²) in [5, 5.41) is 10.9. The molecule has 0 spiro atoms. The molecule has 13 nitrogen and oxygen atoms in total. The van der Waals surface area contributed by atoms with Gasteiger partial charge in [0.25, 0.3) is 0 Å². The van der Waals surface area contributed by atoms with Crippen LogP contribution in [0.2, 0.25) is 0 Å². The third-order valence-corrected chi connectivity index (χ3v) is 9.69. The number of hydrogen-bond acceptors (Lipinski definition) is 8. The van der Waals surface area contributed by atoms with Gasteiger partial charge in [0.05, 0.1) is 0 Å². The normalized spacial score (nSPS) is 16.5. The average molecular weight is 798 g/mol. The number of primary amides is 1. The Morgan fingerprint density at radius 1 is 0.644 bits per heavy atom. The van der Waals surface area contributed by atoms with Gasteiger partial charge < -0.3 is 41.2 Å². The van der Waals surface area contributed by atoms with E-state index in [1.165, 1.54) is 0 Å². The fraction of sp³-hybridized carbons (Fsp3) is 0.239. The van der Waals surface area contributed by atoms with E-state index in [-0.39, 0.29) is 52.0 Å². The maximum absolute atomic E-state index is 14.3. The molecule has 5 aromatic carbocycles. The van der Waals surface area contributed by atoms with Gasteiger partial charge in [-0.2, -0.15) is 0 Å². The third-order valence-electron chi connectivity index (χ3n) is 9.69. The number of amides is 5. The van der Waals surface area contributed by atoms with Gasteiger partial charge in [0.2, 0.25) is 17.7 Å². The number of rotatable bonds is 13. The van der Waals surface area contributed by atoms with Crippen LogP contribution < -0.4 is 31.7 Å². The number of benzene rings is 5. The number of alkyl carbamates (subject to hydrolysis) is 2. The first-order valence-corrected chi connectivity index (χ1v) is 19.4. The molecule has 0 unspecified atom stereocenters. The molecule has 6 N–H and O–H groups in total. The zero-order valence-corrected chi connectivity index (χ0v) is 32.4. The number of ether oxygens (including phenoxy) is 3. The van der Waals surface area contributed by atoms with E-state index >= 15 is 0 Å². The molecule has 0 saturated carbocycles. The topological polar surface area (TPSA) is 187 Å². The fourth-order valence-electron chi connectivity index (χ4n) is 6.55. The molecule has 1 aliphatic rings. The van der Waals surface area contributed by atoms with Crippen LogP contribution in [-0.4, -0.2) is 54.6 Å². The van der Waals surface area contributed by atoms with Gasteiger partial charge in [0, 0.05) is 19.4 Å². The lowest BCUT2D eigenvalue weighted by atomic mass is 9.95. The molecule has 4 bridgehead atoms. The molecule has 6 rings (SSSR count). The maximum atomic E-state index is 14.3. The second-order valence-corrected chi connectivity index (χ2v) is 14.1. The van der Waals surface area contributed by atoms with E-state index in [0.29, 0.717) is 11.3 Å². The average Bonchev–Trinajstić information content (AvgIpc) is 3.25. The van der Waals surface area contributed by atoms with E-state index in [2.05, 4.69) is 21.3 Å². The van der Waals surface area contributed by atoms with E-state index in [9.17, 15) is 24.0 Å². The van der Waals surface area contributed by atoms with Crippen molar-refractivity contribution in [3.8, 4) is 16.9 Å². The van der Waals surface area contributed by atoms with Crippen molar-refractivity contribution in [1.29, 1.82) is 0 Å². The van der Waals surface area contributed by atoms with Crippen LogP contribution in [0.3, 0.4) is 0 Å². The predicted molar refractivity (Wildman–Crippen MR) is 221 cm³/mol. The summed E-state index contributed by atoms with van der Waals surface area (Å²) in [4.78, 5) is 66.8. The van der Waals surface area contributed by atoms with Gasteiger partial charge in [-0.15, -0.1) is 0 Å². The minimum atomic E-state index is -1.25. The lowest BCUT2D eigenvalue weighted by molar-refractivity contribution is -0.132. The minimum absolute atomic E-state index is 0.0431. The fourth-order valence-corrected chi connectivity index (χ4v) is 6.55. The summed E-state index contributed by atoms with van der Waals surface area (Å²) >= 11 is 0. The van der Waals surface area contributed by atoms with Crippen LogP contribution >= 0.6 is 0 Å². The number of fused-ring (bicyclic) bond motifs is 5. The number of nitrogens with two attached hydrogens (primary N) is 1. The Hall–Kier alpha value is -7.15. The van der Waals surface area contributed by atoms with Crippen LogP contribution in [0.25, 0.3) is 11.1 Å². The van der Waals surface area contributed by atoms with E-state index in [0.717, 1.165) is 33.4 Å². The molecule has 5 aromatic rings. The lowest BCUT2D eigenvalue weighted by Gasteiger charge is -2.25. The quantitative estimate of drug-likeness (QED) is 0.0969. The zero-order chi connectivity index (χ0) is 41.4. The van der Waals surface area contributed by atoms with Crippen molar-refractivity contribution in [1.82, 2.24) is 21.3 Å². The number of carbonyl (C=O) groups excluding carboxylic acids is 5. The van der Waals surface area contributed by atoms with Gasteiger partial charge in [0.1, 0.15) is 43.7 Å². The molecule has 0 fully saturated rings. The van der Waals surface area contributed by atoms with Crippen molar-refractivity contribution < 1.29 is 38.2 Å². The first-order chi connectivity index (χ1) is 28.7. The first kappa shape index (κ1) is 41.5. The molecular weight excluding hydrogens is 751 g/mol. The molecule has 59 heavy (non-hydrogen) atoms. The summed E-state index contributed by atoms with van der Waals surface area (Å²) in [7, 11) is 0. The Morgan fingerprint density at radius 2 is 1.25 bits per heavy atom. The Balaban J connectivity index is 1.27. The van der Waals surface area contributed by atoms with Gasteiger partial charge in [-0.05, 0) is 63.9 Å². The summed E-state index contributed by atoms with van der Waals surface area (Å²) in [5.74, 6) is -1.63. The van der Waals surface area contributed by atoms with Crippen LogP contribution in [0, 0.1) is 0 Å². The molecule has 1 heterocycles. The van der Waals surface area contributed by atoms with Crippen molar-refractivity contribution in [3.05, 3.63) is 161 Å². The highest BCUT2D eigenvalue weighted by molar-refractivity contribution is 5.94. The number of carbonyl (C=O) groups is 5. The van der Waals surface area contributed by atoms with Crippen molar-refractivity contribution >= 4 is 29.9 Å². The Morgan fingerprint density at radius 3 is 1.90 bits per heavy atom. The standard InChI is InChI=1S/C46H47N5O8/c47-42(52)39-25-34-18-10-19-35(24-34)36-21-22-41(57-28-31-12-4-1-5-13-31)37(26-36)27-40(51-46(56)59-30-33-16-8-3-9-17-33)44(54)49-38(43(53)50-39)20-11-23-48-45(55)58-29-32-14-6-2-7-15-32/h1-10,12-19,21-22,24,26,38-40H,11,20,23,25,27-30H2,(H2,47,52)(H,48,55)(H,49,54)(H,50,53)(H,51,56)/t38-,39-,40-/m0/s1. The molecule has 304 valence electrons. The molecule has 0 radical (unpaired) electrons. The molecule has 3 atom stereocenters. The summed E-state index contributed by atoms with van der Waals surface area (Å²) in [5.41, 5.74) is 11.3. The molecule has 5 amide bonds. The number of nitrogens with one attached hydrogen (secondary N) is 4. The Labute approximate surface area is 342 Å². The SMILES string of the molecule is NC(=O)[C@@H]1Cc2cccc(c2)-c2ccc(OCc3ccccc3)c(c2)C[C@H](NC(=O)OCc2ccccc2)C(=O)N[C@@H](CCCNC(=O)OCc2ccccc2)C(=O)N1. The first-order valence-electron chi connectivity index (χ1n) is 19.4. The Bertz CT molecular complexity index is 2200. The van der Waals surface area contributed by atoms with E-state index in [1.807, 2.05) is 121 Å². The van der Waals surface area contributed by atoms with Crippen LogP contribution in [-0.2, 0) is 56.5 Å². The van der Waals surface area contributed by atoms with Crippen molar-refractivity contribution in [3.63, 3.8) is 0 Å². The van der Waals surface area contributed by atoms with E-state index < -0.39 is 48.0 Å². The highest BCUT2D eigenvalue weighted by Gasteiger charge is 2.31. The van der Waals surface area contributed by atoms with Gasteiger partial charge in [-0.1, -0.05) is 121 Å². The summed E-state index contributed by atoms with van der Waals surface area (Å²) < 4.78 is 17.1. The summed E-state index contributed by atoms with van der Waals surface area (Å²) in [6.45, 7) is 0.395. The molecule has 0 aliphatic carbocycles. The van der Waals surface area contributed by atoms with Gasteiger partial charge in [0.15, 0.2) is 0 Å². The van der Waals surface area contributed by atoms with Crippen LogP contribution in [0.15, 0.2) is 133 Å². The third kappa shape index (κ3) is 12.7. The van der Waals surface area contributed by atoms with Crippen LogP contribution in [0.1, 0.15) is 40.7 Å². The van der Waals surface area contributed by atoms with Gasteiger partial charge in [-0.25, -0.2) is 9.59 Å². The van der Waals surface area contributed by atoms with E-state index in [1.54, 1.807) is 12.1 Å². The largest absolute Gasteiger partial charge is 0.489 e. The Kier molecular flexibility index (Phi) is 14.7. The highest BCUT2D eigenvalue weighted by Crippen LogP contribution is 2.30. The van der Waals surface area contributed by atoms with Gasteiger partial charge >= 0.3 is 12.2 Å². The van der Waals surface area contributed by atoms with Crippen molar-refractivity contribution in [2.45, 2.75) is 63.6 Å². The van der Waals surface area contributed by atoms with Crippen molar-refractivity contribution in [2.24, 2.45) is 5.73 Å². The van der Waals surface area contributed by atoms with Crippen molar-refractivity contribution in [2.75, 3.05) is 6.54 Å². The molecular formula is C46H47N5O8. The van der Waals surface area contributed by atoms with Gasteiger partial charge in [-0.3, -0.25) is 14.4 Å². The monoisotopic (exact) mass is 797 g/mol. The molecule has 0 aromatic heterocycles. The highest BCUT2D eigenvalue weighted by atomic mass is 16.6. The zero-order valence-electron chi connectivity index (χ0n) is 32.4. The maximum Gasteiger partial charge on any atom is 0.408 e. The molecule has 1 aliphatic heterocycles. The summed E-state index contributed by atoms with van der Waals surface area (Å²) in [6, 6.07) is 37.5. The smallest absolute Gasteiger partial charge is 0.408 e. The molecule has 0 saturated heterocycles.